The van der Waals surface area contributed by atoms with Crippen LogP contribution in [0.5, 0.6) is 0 Å². The fourth-order valence-corrected chi connectivity index (χ4v) is 4.08. The zero-order chi connectivity index (χ0) is 22.6. The van der Waals surface area contributed by atoms with Gasteiger partial charge in [0, 0.05) is 29.6 Å². The van der Waals surface area contributed by atoms with Crippen molar-refractivity contribution in [1.29, 1.82) is 0 Å². The van der Waals surface area contributed by atoms with Crippen LogP contribution in [0.25, 0.3) is 0 Å². The van der Waals surface area contributed by atoms with Crippen molar-refractivity contribution in [2.45, 2.75) is 11.4 Å². The van der Waals surface area contributed by atoms with Crippen molar-refractivity contribution in [3.8, 4) is 0 Å². The van der Waals surface area contributed by atoms with Gasteiger partial charge < -0.3 is 10.6 Å². The molecule has 6 nitrogen and oxygen atoms in total. The quantitative estimate of drug-likeness (QED) is 0.580. The number of benzene rings is 3. The average molecular weight is 461 g/mol. The third-order valence-electron chi connectivity index (χ3n) is 4.34. The molecule has 0 radical (unpaired) electrons. The summed E-state index contributed by atoms with van der Waals surface area (Å²) in [6.07, 6.45) is 1.02. The Balaban J connectivity index is 1.67. The zero-order valence-corrected chi connectivity index (χ0v) is 17.9. The van der Waals surface area contributed by atoms with Crippen LogP contribution in [0.2, 0.25) is 5.02 Å². The van der Waals surface area contributed by atoms with Gasteiger partial charge in [-0.05, 0) is 60.2 Å². The van der Waals surface area contributed by atoms with Crippen LogP contribution >= 0.6 is 11.6 Å². The molecule has 0 heterocycles. The summed E-state index contributed by atoms with van der Waals surface area (Å²) in [5.74, 6) is -1.29. The first-order valence-electron chi connectivity index (χ1n) is 9.07. The Hall–Kier alpha value is -3.23. The van der Waals surface area contributed by atoms with E-state index in [0.717, 1.165) is 6.26 Å². The largest absolute Gasteiger partial charge is 0.348 e. The summed E-state index contributed by atoms with van der Waals surface area (Å²) >= 11 is 5.91. The lowest BCUT2D eigenvalue weighted by Crippen LogP contribution is -2.23. The molecule has 0 aromatic heterocycles. The van der Waals surface area contributed by atoms with Crippen molar-refractivity contribution in [2.24, 2.45) is 0 Å². The molecule has 0 aliphatic heterocycles. The van der Waals surface area contributed by atoms with Crippen LogP contribution in [0, 0.1) is 5.82 Å². The van der Waals surface area contributed by atoms with E-state index >= 15 is 0 Å². The van der Waals surface area contributed by atoms with Gasteiger partial charge in [0.1, 0.15) is 5.82 Å². The third kappa shape index (κ3) is 5.90. The molecule has 2 N–H and O–H groups in total. The normalized spacial score (nSPS) is 11.1. The molecule has 0 aliphatic carbocycles. The van der Waals surface area contributed by atoms with E-state index in [1.165, 1.54) is 42.5 Å². The third-order valence-corrected chi connectivity index (χ3v) is 5.92. The highest BCUT2D eigenvalue weighted by Crippen LogP contribution is 2.22. The first kappa shape index (κ1) is 22.5. The highest BCUT2D eigenvalue weighted by molar-refractivity contribution is 7.90. The van der Waals surface area contributed by atoms with Gasteiger partial charge in [-0.2, -0.15) is 0 Å². The van der Waals surface area contributed by atoms with Crippen LogP contribution in [-0.2, 0) is 16.4 Å². The maximum atomic E-state index is 13.0. The number of carbonyl (C=O) groups excluding carboxylic acids is 2. The molecule has 31 heavy (non-hydrogen) atoms. The molecule has 3 rings (SSSR count). The summed E-state index contributed by atoms with van der Waals surface area (Å²) in [7, 11) is -3.57. The summed E-state index contributed by atoms with van der Waals surface area (Å²) in [6, 6.07) is 16.0. The predicted octanol–water partition coefficient (Wildman–Crippen LogP) is 4.06. The van der Waals surface area contributed by atoms with Crippen LogP contribution in [-0.4, -0.2) is 26.5 Å². The smallest absolute Gasteiger partial charge is 0.255 e. The van der Waals surface area contributed by atoms with Gasteiger partial charge in [-0.1, -0.05) is 23.7 Å². The van der Waals surface area contributed by atoms with Crippen molar-refractivity contribution < 1.29 is 22.4 Å². The van der Waals surface area contributed by atoms with Crippen molar-refractivity contribution in [3.63, 3.8) is 0 Å². The molecule has 0 saturated heterocycles. The number of hydrogen-bond acceptors (Lipinski definition) is 4. The topological polar surface area (TPSA) is 92.3 Å². The SMILES string of the molecule is CS(=O)(=O)c1cc(C(=O)NCc2cccc(NC(=O)c3ccc(F)cc3)c2)ccc1Cl. The monoisotopic (exact) mass is 460 g/mol. The fraction of sp³-hybridized carbons (Fsp3) is 0.0909. The number of nitrogens with one attached hydrogen (secondary N) is 2. The molecule has 0 saturated carbocycles. The van der Waals surface area contributed by atoms with Gasteiger partial charge in [-0.25, -0.2) is 12.8 Å². The second kappa shape index (κ2) is 9.28. The molecular formula is C22H18ClFN2O4S. The Labute approximate surface area is 184 Å². The molecule has 0 spiro atoms. The Kier molecular flexibility index (Phi) is 6.72. The van der Waals surface area contributed by atoms with Crippen molar-refractivity contribution >= 4 is 38.9 Å². The van der Waals surface area contributed by atoms with Crippen LogP contribution in [0.1, 0.15) is 26.3 Å². The van der Waals surface area contributed by atoms with Crippen molar-refractivity contribution in [1.82, 2.24) is 5.32 Å². The number of hydrogen-bond donors (Lipinski definition) is 2. The Bertz CT molecular complexity index is 1240. The minimum absolute atomic E-state index is 0.0450. The van der Waals surface area contributed by atoms with Gasteiger partial charge in [0.2, 0.25) is 0 Å². The van der Waals surface area contributed by atoms with Crippen LogP contribution < -0.4 is 10.6 Å². The lowest BCUT2D eigenvalue weighted by molar-refractivity contribution is 0.0949. The maximum Gasteiger partial charge on any atom is 0.255 e. The first-order valence-corrected chi connectivity index (χ1v) is 11.3. The fourth-order valence-electron chi connectivity index (χ4n) is 2.78. The Morgan fingerprint density at radius 2 is 1.61 bits per heavy atom. The standard InChI is InChI=1S/C22H18ClFN2O4S/c1-31(29,30)20-12-16(7-10-19(20)23)21(27)25-13-14-3-2-4-18(11-14)26-22(28)15-5-8-17(24)9-6-15/h2-12H,13H2,1H3,(H,25,27)(H,26,28). The summed E-state index contributed by atoms with van der Waals surface area (Å²) in [5, 5.41) is 5.46. The van der Waals surface area contributed by atoms with Gasteiger partial charge in [0.05, 0.1) is 9.92 Å². The molecule has 0 aliphatic rings. The van der Waals surface area contributed by atoms with E-state index < -0.39 is 27.5 Å². The molecule has 0 fully saturated rings. The zero-order valence-electron chi connectivity index (χ0n) is 16.4. The van der Waals surface area contributed by atoms with Gasteiger partial charge in [-0.3, -0.25) is 9.59 Å². The number of halogens is 2. The van der Waals surface area contributed by atoms with Crippen molar-refractivity contribution in [2.75, 3.05) is 11.6 Å². The molecule has 160 valence electrons. The molecule has 3 aromatic carbocycles. The van der Waals surface area contributed by atoms with Gasteiger partial charge in [0.25, 0.3) is 11.8 Å². The summed E-state index contributed by atoms with van der Waals surface area (Å²) in [4.78, 5) is 24.6. The number of carbonyl (C=O) groups is 2. The number of anilines is 1. The first-order chi connectivity index (χ1) is 14.6. The van der Waals surface area contributed by atoms with Crippen molar-refractivity contribution in [3.05, 3.63) is 94.3 Å². The molecule has 2 amide bonds. The van der Waals surface area contributed by atoms with E-state index in [1.54, 1.807) is 24.3 Å². The minimum atomic E-state index is -3.57. The van der Waals surface area contributed by atoms with Gasteiger partial charge in [-0.15, -0.1) is 0 Å². The summed E-state index contributed by atoms with van der Waals surface area (Å²) < 4.78 is 36.6. The van der Waals surface area contributed by atoms with E-state index in [9.17, 15) is 22.4 Å². The summed E-state index contributed by atoms with van der Waals surface area (Å²) in [6.45, 7) is 0.149. The molecule has 0 unspecified atom stereocenters. The molecule has 0 atom stereocenters. The van der Waals surface area contributed by atoms with E-state index in [-0.39, 0.29) is 22.0 Å². The van der Waals surface area contributed by atoms with E-state index in [4.69, 9.17) is 11.6 Å². The molecule has 3 aromatic rings. The predicted molar refractivity (Wildman–Crippen MR) is 117 cm³/mol. The number of amides is 2. The lowest BCUT2D eigenvalue weighted by atomic mass is 10.1. The highest BCUT2D eigenvalue weighted by atomic mass is 35.5. The van der Waals surface area contributed by atoms with E-state index in [1.807, 2.05) is 0 Å². The highest BCUT2D eigenvalue weighted by Gasteiger charge is 2.16. The lowest BCUT2D eigenvalue weighted by Gasteiger charge is -2.10. The minimum Gasteiger partial charge on any atom is -0.348 e. The summed E-state index contributed by atoms with van der Waals surface area (Å²) in [5.41, 5.74) is 1.68. The number of sulfone groups is 1. The van der Waals surface area contributed by atoms with E-state index in [0.29, 0.717) is 16.8 Å². The maximum absolute atomic E-state index is 13.0. The number of rotatable bonds is 6. The second-order valence-corrected chi connectivity index (χ2v) is 9.15. The van der Waals surface area contributed by atoms with Gasteiger partial charge >= 0.3 is 0 Å². The molecule has 9 heteroatoms. The Morgan fingerprint density at radius 3 is 2.29 bits per heavy atom. The molecular weight excluding hydrogens is 443 g/mol. The second-order valence-electron chi connectivity index (χ2n) is 6.76. The van der Waals surface area contributed by atoms with Crippen LogP contribution in [0.3, 0.4) is 0 Å². The average Bonchev–Trinajstić information content (AvgIpc) is 2.72. The van der Waals surface area contributed by atoms with Crippen LogP contribution in [0.4, 0.5) is 10.1 Å². The van der Waals surface area contributed by atoms with E-state index in [2.05, 4.69) is 10.6 Å². The van der Waals surface area contributed by atoms with Gasteiger partial charge in [0.15, 0.2) is 9.84 Å². The Morgan fingerprint density at radius 1 is 0.935 bits per heavy atom. The van der Waals surface area contributed by atoms with Crippen LogP contribution in [0.15, 0.2) is 71.6 Å². The molecule has 0 bridgehead atoms.